The molecule has 0 heterocycles. The van der Waals surface area contributed by atoms with Crippen LogP contribution in [0.1, 0.15) is 57.8 Å². The monoisotopic (exact) mass is 506 g/mol. The molecule has 0 radical (unpaired) electrons. The van der Waals surface area contributed by atoms with E-state index in [1.165, 1.54) is 51.4 Å². The fraction of sp³-hybridized carbons (Fsp3) is 0.905. The van der Waals surface area contributed by atoms with E-state index in [2.05, 4.69) is 15.6 Å². The minimum absolute atomic E-state index is 0. The van der Waals surface area contributed by atoms with Crippen molar-refractivity contribution in [1.29, 1.82) is 0 Å². The lowest BCUT2D eigenvalue weighted by Gasteiger charge is -2.31. The van der Waals surface area contributed by atoms with Crippen LogP contribution in [0.3, 0.4) is 0 Å². The quantitative estimate of drug-likeness (QED) is 0.302. The Morgan fingerprint density at radius 3 is 2.54 bits per heavy atom. The Labute approximate surface area is 187 Å². The van der Waals surface area contributed by atoms with Crippen LogP contribution in [0.25, 0.3) is 0 Å². The summed E-state index contributed by atoms with van der Waals surface area (Å²) < 4.78 is 5.36. The minimum Gasteiger partial charge on any atom is -0.385 e. The Hall–Kier alpha value is -0.570. The van der Waals surface area contributed by atoms with E-state index >= 15 is 0 Å². The van der Waals surface area contributed by atoms with Gasteiger partial charge < -0.3 is 20.3 Å². The molecule has 162 valence electrons. The number of hydrogen-bond donors (Lipinski definition) is 2. The maximum absolute atomic E-state index is 12.0. The van der Waals surface area contributed by atoms with E-state index in [-0.39, 0.29) is 36.4 Å². The largest absolute Gasteiger partial charge is 0.385 e. The summed E-state index contributed by atoms with van der Waals surface area (Å²) in [5, 5.41) is 7.28. The molecule has 0 saturated heterocycles. The summed E-state index contributed by atoms with van der Waals surface area (Å²) in [6.07, 6.45) is 11.5. The van der Waals surface area contributed by atoms with E-state index in [9.17, 15) is 4.79 Å². The molecule has 2 bridgehead atoms. The van der Waals surface area contributed by atoms with Crippen LogP contribution < -0.4 is 10.6 Å². The van der Waals surface area contributed by atoms with Crippen molar-refractivity contribution in [2.45, 2.75) is 63.8 Å². The van der Waals surface area contributed by atoms with Gasteiger partial charge in [0.05, 0.1) is 0 Å². The van der Waals surface area contributed by atoms with Crippen LogP contribution in [0.5, 0.6) is 0 Å². The van der Waals surface area contributed by atoms with Gasteiger partial charge in [0.25, 0.3) is 0 Å². The topological polar surface area (TPSA) is 66.0 Å². The summed E-state index contributed by atoms with van der Waals surface area (Å²) in [6, 6.07) is 0.517. The van der Waals surface area contributed by atoms with E-state index in [1.54, 1.807) is 26.1 Å². The highest BCUT2D eigenvalue weighted by atomic mass is 127. The summed E-state index contributed by atoms with van der Waals surface area (Å²) in [5.74, 6) is 2.53. The third-order valence-electron chi connectivity index (χ3n) is 7.06. The van der Waals surface area contributed by atoms with Gasteiger partial charge >= 0.3 is 0 Å². The number of methoxy groups -OCH3 is 1. The second kappa shape index (κ2) is 11.0. The molecule has 7 heteroatoms. The molecule has 0 aromatic carbocycles. The van der Waals surface area contributed by atoms with E-state index in [4.69, 9.17) is 4.74 Å². The van der Waals surface area contributed by atoms with Crippen molar-refractivity contribution in [2.24, 2.45) is 22.2 Å². The molecule has 3 rings (SSSR count). The first-order valence-electron chi connectivity index (χ1n) is 10.8. The molecule has 28 heavy (non-hydrogen) atoms. The van der Waals surface area contributed by atoms with Gasteiger partial charge in [-0.05, 0) is 55.8 Å². The third-order valence-corrected chi connectivity index (χ3v) is 7.06. The number of guanidine groups is 1. The zero-order valence-electron chi connectivity index (χ0n) is 17.8. The lowest BCUT2D eigenvalue weighted by molar-refractivity contribution is -0.127. The van der Waals surface area contributed by atoms with Crippen molar-refractivity contribution >= 4 is 35.8 Å². The van der Waals surface area contributed by atoms with E-state index in [1.807, 2.05) is 0 Å². The summed E-state index contributed by atoms with van der Waals surface area (Å²) in [7, 11) is 5.35. The molecular weight excluding hydrogens is 467 g/mol. The number of likely N-dealkylation sites (N-methyl/N-ethyl adjacent to an activating group) is 1. The maximum atomic E-state index is 12.0. The molecule has 3 saturated carbocycles. The van der Waals surface area contributed by atoms with Gasteiger partial charge in [0.2, 0.25) is 5.91 Å². The molecule has 0 spiro atoms. The van der Waals surface area contributed by atoms with Gasteiger partial charge in [-0.15, -0.1) is 24.0 Å². The van der Waals surface area contributed by atoms with Crippen LogP contribution in [0.2, 0.25) is 0 Å². The molecule has 6 nitrogen and oxygen atoms in total. The number of fused-ring (bicyclic) bond motifs is 2. The molecule has 3 unspecified atom stereocenters. The average molecular weight is 506 g/mol. The summed E-state index contributed by atoms with van der Waals surface area (Å²) in [4.78, 5) is 18.3. The molecule has 3 atom stereocenters. The lowest BCUT2D eigenvalue weighted by atomic mass is 9.83. The number of ether oxygens (including phenoxy) is 1. The second-order valence-electron chi connectivity index (χ2n) is 9.18. The van der Waals surface area contributed by atoms with Crippen molar-refractivity contribution in [3.63, 3.8) is 0 Å². The first kappa shape index (κ1) is 23.7. The van der Waals surface area contributed by atoms with Gasteiger partial charge in [0.15, 0.2) is 5.96 Å². The lowest BCUT2D eigenvalue weighted by Crippen LogP contribution is -2.49. The molecular formula is C21H39IN4O2. The van der Waals surface area contributed by atoms with Crippen molar-refractivity contribution in [3.8, 4) is 0 Å². The van der Waals surface area contributed by atoms with Gasteiger partial charge in [-0.2, -0.15) is 0 Å². The first-order valence-corrected chi connectivity index (χ1v) is 10.8. The number of aliphatic imine (C=N–C) groups is 1. The number of amides is 1. The smallest absolute Gasteiger partial charge is 0.243 e. The Morgan fingerprint density at radius 2 is 1.96 bits per heavy atom. The van der Waals surface area contributed by atoms with Crippen LogP contribution in [-0.2, 0) is 9.53 Å². The van der Waals surface area contributed by atoms with Gasteiger partial charge in [-0.25, -0.2) is 4.99 Å². The van der Waals surface area contributed by atoms with E-state index in [0.717, 1.165) is 37.4 Å². The van der Waals surface area contributed by atoms with Gasteiger partial charge in [0, 0.05) is 40.4 Å². The minimum atomic E-state index is 0. The molecule has 0 aliphatic heterocycles. The van der Waals surface area contributed by atoms with Crippen molar-refractivity contribution in [3.05, 3.63) is 0 Å². The highest BCUT2D eigenvalue weighted by Crippen LogP contribution is 2.44. The standard InChI is InChI=1S/C21H38N4O2.HI/c1-25(2)19(26)14-22-20(24-18-13-16-6-7-17(18)12-16)23-15-21(10-11-27-3)8-4-5-9-21;/h16-18H,4-15H2,1-3H3,(H2,22,23,24);1H. The fourth-order valence-electron chi connectivity index (χ4n) is 5.27. The Morgan fingerprint density at radius 1 is 1.21 bits per heavy atom. The number of carbonyl (C=O) groups excluding carboxylic acids is 1. The van der Waals surface area contributed by atoms with Crippen molar-refractivity contribution < 1.29 is 9.53 Å². The van der Waals surface area contributed by atoms with Crippen LogP contribution in [0.15, 0.2) is 4.99 Å². The van der Waals surface area contributed by atoms with Crippen LogP contribution in [0.4, 0.5) is 0 Å². The number of carbonyl (C=O) groups is 1. The fourth-order valence-corrected chi connectivity index (χ4v) is 5.27. The molecule has 0 aromatic rings. The predicted molar refractivity (Wildman–Crippen MR) is 124 cm³/mol. The SMILES string of the molecule is COCCC1(CNC(=NCC(=O)N(C)C)NC2CC3CCC2C3)CCCC1.I. The van der Waals surface area contributed by atoms with Gasteiger partial charge in [-0.1, -0.05) is 19.3 Å². The van der Waals surface area contributed by atoms with Crippen molar-refractivity contribution in [1.82, 2.24) is 15.5 Å². The molecule has 2 N–H and O–H groups in total. The zero-order chi connectivity index (χ0) is 19.3. The first-order chi connectivity index (χ1) is 13.0. The summed E-state index contributed by atoms with van der Waals surface area (Å²) >= 11 is 0. The highest BCUT2D eigenvalue weighted by molar-refractivity contribution is 14.0. The van der Waals surface area contributed by atoms with Crippen LogP contribution in [0, 0.1) is 17.3 Å². The zero-order valence-corrected chi connectivity index (χ0v) is 20.2. The molecule has 1 amide bonds. The molecule has 3 fully saturated rings. The van der Waals surface area contributed by atoms with Gasteiger partial charge in [0.1, 0.15) is 6.54 Å². The number of rotatable bonds is 8. The van der Waals surface area contributed by atoms with E-state index < -0.39 is 0 Å². The number of halogens is 1. The predicted octanol–water partition coefficient (Wildman–Crippen LogP) is 3.01. The van der Waals surface area contributed by atoms with Crippen LogP contribution in [-0.4, -0.2) is 63.7 Å². The van der Waals surface area contributed by atoms with Gasteiger partial charge in [-0.3, -0.25) is 4.79 Å². The summed E-state index contributed by atoms with van der Waals surface area (Å²) in [5.41, 5.74) is 0.304. The number of nitrogens with zero attached hydrogens (tertiary/aromatic N) is 2. The Kier molecular flexibility index (Phi) is 9.31. The number of hydrogen-bond acceptors (Lipinski definition) is 3. The Bertz CT molecular complexity index is 534. The maximum Gasteiger partial charge on any atom is 0.243 e. The Balaban J connectivity index is 0.00000280. The normalized spacial score (nSPS) is 28.1. The second-order valence-corrected chi connectivity index (χ2v) is 9.18. The molecule has 3 aliphatic rings. The highest BCUT2D eigenvalue weighted by Gasteiger charge is 2.40. The third kappa shape index (κ3) is 6.21. The average Bonchev–Trinajstić information content (AvgIpc) is 3.39. The number of nitrogens with one attached hydrogen (secondary N) is 2. The summed E-state index contributed by atoms with van der Waals surface area (Å²) in [6.45, 7) is 1.93. The van der Waals surface area contributed by atoms with Crippen molar-refractivity contribution in [2.75, 3.05) is 40.9 Å². The van der Waals surface area contributed by atoms with E-state index in [0.29, 0.717) is 11.5 Å². The van der Waals surface area contributed by atoms with Crippen LogP contribution >= 0.6 is 24.0 Å². The molecule has 0 aromatic heterocycles. The molecule has 3 aliphatic carbocycles.